The van der Waals surface area contributed by atoms with Gasteiger partial charge in [-0.1, -0.05) is 19.0 Å². The largest absolute Gasteiger partial charge is 0.387 e. The Hall–Kier alpha value is -1.40. The van der Waals surface area contributed by atoms with Crippen molar-refractivity contribution in [1.82, 2.24) is 10.5 Å². The lowest BCUT2D eigenvalue weighted by Gasteiger charge is -2.57. The fourth-order valence-electron chi connectivity index (χ4n) is 2.55. The van der Waals surface area contributed by atoms with Crippen molar-refractivity contribution in [3.05, 3.63) is 17.5 Å². The minimum atomic E-state index is -0.961. The number of aliphatic hydroxyl groups is 1. The summed E-state index contributed by atoms with van der Waals surface area (Å²) in [6.07, 6.45) is 0.533. The highest BCUT2D eigenvalue weighted by Crippen LogP contribution is 2.50. The molecule has 6 heteroatoms. The minimum absolute atomic E-state index is 0.0157. The third-order valence-electron chi connectivity index (χ3n) is 4.29. The topological polar surface area (TPSA) is 84.6 Å². The number of rotatable bonds is 5. The van der Waals surface area contributed by atoms with E-state index in [1.165, 1.54) is 0 Å². The first-order chi connectivity index (χ1) is 9.30. The fourth-order valence-corrected chi connectivity index (χ4v) is 2.55. The second-order valence-corrected chi connectivity index (χ2v) is 5.92. The Bertz CT molecular complexity index is 497. The highest BCUT2D eigenvalue weighted by atomic mass is 16.5. The summed E-state index contributed by atoms with van der Waals surface area (Å²) in [6, 6.07) is 1.56. The number of hydrogen-bond donors (Lipinski definition) is 2. The lowest BCUT2D eigenvalue weighted by atomic mass is 9.56. The predicted octanol–water partition coefficient (Wildman–Crippen LogP) is 1.28. The maximum Gasteiger partial charge on any atom is 0.290 e. The van der Waals surface area contributed by atoms with Gasteiger partial charge in [0, 0.05) is 31.1 Å². The molecule has 0 radical (unpaired) electrons. The maximum absolute atomic E-state index is 11.9. The van der Waals surface area contributed by atoms with E-state index in [0.29, 0.717) is 18.7 Å². The van der Waals surface area contributed by atoms with E-state index in [0.717, 1.165) is 0 Å². The first-order valence-corrected chi connectivity index (χ1v) is 6.85. The second kappa shape index (κ2) is 5.18. The van der Waals surface area contributed by atoms with Gasteiger partial charge in [-0.15, -0.1) is 0 Å². The summed E-state index contributed by atoms with van der Waals surface area (Å²) in [5.41, 5.74) is -0.709. The summed E-state index contributed by atoms with van der Waals surface area (Å²) in [7, 11) is 0. The van der Waals surface area contributed by atoms with Gasteiger partial charge in [-0.05, 0) is 13.8 Å². The summed E-state index contributed by atoms with van der Waals surface area (Å²) < 4.78 is 10.5. The van der Waals surface area contributed by atoms with E-state index in [2.05, 4.69) is 10.5 Å². The van der Waals surface area contributed by atoms with Gasteiger partial charge in [0.25, 0.3) is 5.91 Å². The van der Waals surface area contributed by atoms with E-state index in [4.69, 9.17) is 9.26 Å². The molecule has 1 aliphatic carbocycles. The molecule has 1 aromatic heterocycles. The van der Waals surface area contributed by atoms with Gasteiger partial charge in [0.2, 0.25) is 5.76 Å². The first kappa shape index (κ1) is 15.0. The Morgan fingerprint density at radius 1 is 1.65 bits per heavy atom. The van der Waals surface area contributed by atoms with Crippen LogP contribution in [0.3, 0.4) is 0 Å². The van der Waals surface area contributed by atoms with Crippen LogP contribution in [0.1, 0.15) is 43.4 Å². The van der Waals surface area contributed by atoms with Crippen molar-refractivity contribution < 1.29 is 19.2 Å². The molecular weight excluding hydrogens is 260 g/mol. The molecule has 2 atom stereocenters. The second-order valence-electron chi connectivity index (χ2n) is 5.92. The number of aromatic nitrogens is 1. The van der Waals surface area contributed by atoms with Crippen molar-refractivity contribution in [2.24, 2.45) is 5.41 Å². The molecule has 1 amide bonds. The molecule has 0 saturated heterocycles. The molecule has 20 heavy (non-hydrogen) atoms. The number of ether oxygens (including phenoxy) is 1. The zero-order valence-electron chi connectivity index (χ0n) is 12.4. The standard InChI is InChI=1S/C14H22N2O4/c1-5-19-11-7-14(18,13(11,3)4)8-15-12(17)10-6-9(2)16-20-10/h6,11,18H,5,7-8H2,1-4H3,(H,15,17)/t11-,14+/m0/s1. The average Bonchev–Trinajstić information content (AvgIpc) is 2.82. The van der Waals surface area contributed by atoms with Crippen molar-refractivity contribution in [3.8, 4) is 0 Å². The van der Waals surface area contributed by atoms with Crippen LogP contribution in [0.4, 0.5) is 0 Å². The molecule has 1 saturated carbocycles. The zero-order valence-corrected chi connectivity index (χ0v) is 12.4. The zero-order chi connectivity index (χ0) is 15.0. The third kappa shape index (κ3) is 2.45. The summed E-state index contributed by atoms with van der Waals surface area (Å²) in [5.74, 6) is -0.209. The monoisotopic (exact) mass is 282 g/mol. The quantitative estimate of drug-likeness (QED) is 0.849. The number of carbonyl (C=O) groups is 1. The van der Waals surface area contributed by atoms with E-state index < -0.39 is 11.0 Å². The molecule has 112 valence electrons. The average molecular weight is 282 g/mol. The fraction of sp³-hybridized carbons (Fsp3) is 0.714. The first-order valence-electron chi connectivity index (χ1n) is 6.85. The van der Waals surface area contributed by atoms with Crippen LogP contribution in [0.25, 0.3) is 0 Å². The molecule has 0 bridgehead atoms. The van der Waals surface area contributed by atoms with Crippen molar-refractivity contribution >= 4 is 5.91 Å². The van der Waals surface area contributed by atoms with Crippen LogP contribution in [0, 0.1) is 12.3 Å². The Labute approximate surface area is 118 Å². The van der Waals surface area contributed by atoms with E-state index in [-0.39, 0.29) is 24.3 Å². The Morgan fingerprint density at radius 3 is 2.85 bits per heavy atom. The van der Waals surface area contributed by atoms with Gasteiger partial charge in [0.15, 0.2) is 0 Å². The lowest BCUT2D eigenvalue weighted by Crippen LogP contribution is -2.68. The molecule has 0 aliphatic heterocycles. The summed E-state index contributed by atoms with van der Waals surface area (Å²) in [5, 5.41) is 17.0. The van der Waals surface area contributed by atoms with Crippen LogP contribution in [0.2, 0.25) is 0 Å². The minimum Gasteiger partial charge on any atom is -0.387 e. The smallest absolute Gasteiger partial charge is 0.290 e. The van der Waals surface area contributed by atoms with Crippen molar-refractivity contribution in [2.75, 3.05) is 13.2 Å². The Kier molecular flexibility index (Phi) is 3.88. The Balaban J connectivity index is 1.93. The number of carbonyl (C=O) groups excluding carboxylic acids is 1. The maximum atomic E-state index is 11.9. The lowest BCUT2D eigenvalue weighted by molar-refractivity contribution is -0.237. The molecule has 6 nitrogen and oxygen atoms in total. The molecular formula is C14H22N2O4. The number of nitrogens with zero attached hydrogens (tertiary/aromatic N) is 1. The predicted molar refractivity (Wildman–Crippen MR) is 72.3 cm³/mol. The molecule has 1 aliphatic rings. The molecule has 0 aromatic carbocycles. The summed E-state index contributed by atoms with van der Waals surface area (Å²) in [4.78, 5) is 11.9. The van der Waals surface area contributed by atoms with E-state index in [9.17, 15) is 9.90 Å². The van der Waals surface area contributed by atoms with Crippen LogP contribution >= 0.6 is 0 Å². The van der Waals surface area contributed by atoms with Gasteiger partial charge in [0.05, 0.1) is 17.4 Å². The van der Waals surface area contributed by atoms with Gasteiger partial charge >= 0.3 is 0 Å². The SMILES string of the molecule is CCO[C@H]1C[C@@](O)(CNC(=O)c2cc(C)no2)C1(C)C. The van der Waals surface area contributed by atoms with Gasteiger partial charge < -0.3 is 19.7 Å². The van der Waals surface area contributed by atoms with Crippen LogP contribution in [-0.4, -0.2) is 41.0 Å². The highest BCUT2D eigenvalue weighted by molar-refractivity contribution is 5.91. The van der Waals surface area contributed by atoms with Gasteiger partial charge in [-0.25, -0.2) is 0 Å². The van der Waals surface area contributed by atoms with Crippen molar-refractivity contribution in [2.45, 2.75) is 45.8 Å². The molecule has 2 N–H and O–H groups in total. The molecule has 0 unspecified atom stereocenters. The third-order valence-corrected chi connectivity index (χ3v) is 4.29. The number of aryl methyl sites for hydroxylation is 1. The normalized spacial score (nSPS) is 27.9. The Morgan fingerprint density at radius 2 is 2.35 bits per heavy atom. The summed E-state index contributed by atoms with van der Waals surface area (Å²) in [6.45, 7) is 8.36. The highest BCUT2D eigenvalue weighted by Gasteiger charge is 2.59. The molecule has 0 spiro atoms. The van der Waals surface area contributed by atoms with Gasteiger partial charge in [-0.2, -0.15) is 0 Å². The molecule has 1 fully saturated rings. The van der Waals surface area contributed by atoms with Crippen LogP contribution in [-0.2, 0) is 4.74 Å². The number of amides is 1. The van der Waals surface area contributed by atoms with E-state index in [1.54, 1.807) is 13.0 Å². The van der Waals surface area contributed by atoms with Crippen LogP contribution in [0.5, 0.6) is 0 Å². The van der Waals surface area contributed by atoms with Gasteiger partial charge in [-0.3, -0.25) is 4.79 Å². The molecule has 1 heterocycles. The molecule has 2 rings (SSSR count). The van der Waals surface area contributed by atoms with Crippen LogP contribution < -0.4 is 5.32 Å². The van der Waals surface area contributed by atoms with Crippen molar-refractivity contribution in [1.29, 1.82) is 0 Å². The van der Waals surface area contributed by atoms with Crippen molar-refractivity contribution in [3.63, 3.8) is 0 Å². The van der Waals surface area contributed by atoms with Gasteiger partial charge in [0.1, 0.15) is 0 Å². The van der Waals surface area contributed by atoms with Crippen LogP contribution in [0.15, 0.2) is 10.6 Å². The number of nitrogens with one attached hydrogen (secondary N) is 1. The summed E-state index contributed by atoms with van der Waals surface area (Å²) >= 11 is 0. The van der Waals surface area contributed by atoms with E-state index in [1.807, 2.05) is 20.8 Å². The molecule has 1 aromatic rings. The number of hydrogen-bond acceptors (Lipinski definition) is 5. The van der Waals surface area contributed by atoms with E-state index >= 15 is 0 Å².